The van der Waals surface area contributed by atoms with Crippen LogP contribution in [0.5, 0.6) is 0 Å². The lowest BCUT2D eigenvalue weighted by atomic mass is 10.0. The second-order valence-corrected chi connectivity index (χ2v) is 9.13. The van der Waals surface area contributed by atoms with Gasteiger partial charge in [0.15, 0.2) is 0 Å². The molecule has 0 spiro atoms. The van der Waals surface area contributed by atoms with Crippen molar-refractivity contribution in [2.45, 2.75) is 25.0 Å². The van der Waals surface area contributed by atoms with E-state index in [0.717, 1.165) is 52.4 Å². The molecule has 3 heterocycles. The van der Waals surface area contributed by atoms with Crippen LogP contribution in [-0.4, -0.2) is 98.4 Å². The molecule has 0 unspecified atom stereocenters. The topological polar surface area (TPSA) is 60.1 Å². The number of amides is 2. The Morgan fingerprint density at radius 3 is 2.60 bits per heavy atom. The van der Waals surface area contributed by atoms with Crippen LogP contribution < -0.4 is 10.6 Å². The molecule has 0 aliphatic carbocycles. The second-order valence-electron chi connectivity index (χ2n) is 8.32. The third kappa shape index (κ3) is 5.78. The van der Waals surface area contributed by atoms with Gasteiger partial charge >= 0.3 is 6.03 Å². The summed E-state index contributed by atoms with van der Waals surface area (Å²) in [5.74, 6) is 0. The Balaban J connectivity index is 1.21. The summed E-state index contributed by atoms with van der Waals surface area (Å²) in [5, 5.41) is 7.27. The van der Waals surface area contributed by atoms with E-state index < -0.39 is 0 Å². The molecule has 1 aromatic carbocycles. The highest BCUT2D eigenvalue weighted by Crippen LogP contribution is 2.25. The number of carbonyl (C=O) groups is 1. The van der Waals surface area contributed by atoms with Crippen LogP contribution in [-0.2, 0) is 4.74 Å². The Labute approximate surface area is 188 Å². The number of rotatable bonds is 4. The maximum Gasteiger partial charge on any atom is 0.321 e. The van der Waals surface area contributed by atoms with E-state index in [4.69, 9.17) is 27.9 Å². The number of carbonyl (C=O) groups excluding carboxylic acids is 1. The maximum atomic E-state index is 12.6. The lowest BCUT2D eigenvalue weighted by molar-refractivity contribution is -0.0621. The van der Waals surface area contributed by atoms with E-state index in [9.17, 15) is 4.79 Å². The van der Waals surface area contributed by atoms with Gasteiger partial charge in [-0.1, -0.05) is 23.2 Å². The number of nitrogens with one attached hydrogen (secondary N) is 2. The first-order chi connectivity index (χ1) is 14.6. The zero-order chi connectivity index (χ0) is 20.9. The molecule has 0 bridgehead atoms. The molecule has 3 saturated heterocycles. The van der Waals surface area contributed by atoms with Crippen LogP contribution in [0.25, 0.3) is 0 Å². The van der Waals surface area contributed by atoms with Crippen molar-refractivity contribution in [1.82, 2.24) is 20.0 Å². The molecule has 2 N–H and O–H groups in total. The van der Waals surface area contributed by atoms with E-state index in [1.807, 2.05) is 4.90 Å². The number of morpholine rings is 1. The van der Waals surface area contributed by atoms with Crippen molar-refractivity contribution in [1.29, 1.82) is 0 Å². The van der Waals surface area contributed by atoms with Gasteiger partial charge in [-0.15, -0.1) is 0 Å². The van der Waals surface area contributed by atoms with E-state index in [2.05, 4.69) is 20.4 Å². The van der Waals surface area contributed by atoms with Crippen molar-refractivity contribution >= 4 is 34.9 Å². The quantitative estimate of drug-likeness (QED) is 0.730. The Bertz CT molecular complexity index is 723. The van der Waals surface area contributed by atoms with E-state index >= 15 is 0 Å². The Morgan fingerprint density at radius 1 is 1.10 bits per heavy atom. The predicted molar refractivity (Wildman–Crippen MR) is 121 cm³/mol. The first kappa shape index (κ1) is 22.1. The van der Waals surface area contributed by atoms with E-state index in [1.165, 1.54) is 12.8 Å². The Morgan fingerprint density at radius 2 is 1.87 bits per heavy atom. The number of hydrogen-bond acceptors (Lipinski definition) is 5. The van der Waals surface area contributed by atoms with Crippen molar-refractivity contribution < 1.29 is 9.53 Å². The van der Waals surface area contributed by atoms with Crippen molar-refractivity contribution in [2.24, 2.45) is 0 Å². The number of hydrogen-bond donors (Lipinski definition) is 2. The van der Waals surface area contributed by atoms with Crippen LogP contribution in [0.15, 0.2) is 18.2 Å². The lowest BCUT2D eigenvalue weighted by Crippen LogP contribution is -2.56. The minimum atomic E-state index is -0.0981. The number of urea groups is 1. The molecule has 166 valence electrons. The summed E-state index contributed by atoms with van der Waals surface area (Å²) in [5.41, 5.74) is 0.658. The van der Waals surface area contributed by atoms with E-state index in [0.29, 0.717) is 34.9 Å². The van der Waals surface area contributed by atoms with Gasteiger partial charge in [0.05, 0.1) is 22.8 Å². The van der Waals surface area contributed by atoms with Crippen LogP contribution in [0.1, 0.15) is 12.8 Å². The molecule has 1 aromatic rings. The molecular weight excluding hydrogens is 425 g/mol. The lowest BCUT2D eigenvalue weighted by Gasteiger charge is -2.42. The number of piperidine rings is 1. The molecule has 9 heteroatoms. The SMILES string of the molecule is O=C(Nc1ccc(Cl)c(Cl)c1)N1CCN(C[C@H]2CN(C3CCNCC3)CCO2)CC1. The standard InChI is InChI=1S/C21H31Cl2N5O2/c22-19-2-1-16(13-20(19)23)25-21(29)27-9-7-26(8-10-27)14-18-15-28(11-12-30-18)17-3-5-24-6-4-17/h1-2,13,17-18,24H,3-12,14-15H2,(H,25,29)/t18-/m0/s1. The smallest absolute Gasteiger partial charge is 0.321 e. The fraction of sp³-hybridized carbons (Fsp3) is 0.667. The fourth-order valence-electron chi connectivity index (χ4n) is 4.55. The summed E-state index contributed by atoms with van der Waals surface area (Å²) < 4.78 is 6.06. The minimum absolute atomic E-state index is 0.0981. The van der Waals surface area contributed by atoms with Crippen molar-refractivity contribution in [3.8, 4) is 0 Å². The first-order valence-electron chi connectivity index (χ1n) is 10.9. The molecule has 7 nitrogen and oxygen atoms in total. The molecule has 30 heavy (non-hydrogen) atoms. The summed E-state index contributed by atoms with van der Waals surface area (Å²) >= 11 is 12.0. The highest BCUT2D eigenvalue weighted by Gasteiger charge is 2.30. The average Bonchev–Trinajstić information content (AvgIpc) is 2.77. The van der Waals surface area contributed by atoms with E-state index in [-0.39, 0.29) is 12.1 Å². The summed E-state index contributed by atoms with van der Waals surface area (Å²) in [6, 6.07) is 5.72. The normalized spacial score (nSPS) is 24.7. The number of benzene rings is 1. The van der Waals surface area contributed by atoms with E-state index in [1.54, 1.807) is 18.2 Å². The van der Waals surface area contributed by atoms with Gasteiger partial charge in [-0.25, -0.2) is 4.79 Å². The van der Waals surface area contributed by atoms with Crippen molar-refractivity contribution in [3.05, 3.63) is 28.2 Å². The number of nitrogens with zero attached hydrogens (tertiary/aromatic N) is 3. The third-order valence-electron chi connectivity index (χ3n) is 6.29. The fourth-order valence-corrected chi connectivity index (χ4v) is 4.85. The van der Waals surface area contributed by atoms with Gasteiger partial charge in [-0.3, -0.25) is 9.80 Å². The average molecular weight is 456 g/mol. The van der Waals surface area contributed by atoms with Crippen LogP contribution in [0.2, 0.25) is 10.0 Å². The van der Waals surface area contributed by atoms with Gasteiger partial charge in [0.25, 0.3) is 0 Å². The summed E-state index contributed by atoms with van der Waals surface area (Å²) in [6.07, 6.45) is 2.73. The van der Waals surface area contributed by atoms with Crippen molar-refractivity contribution in [3.63, 3.8) is 0 Å². The number of ether oxygens (including phenoxy) is 1. The van der Waals surface area contributed by atoms with Gasteiger partial charge in [0.2, 0.25) is 0 Å². The van der Waals surface area contributed by atoms with Gasteiger partial charge < -0.3 is 20.3 Å². The third-order valence-corrected chi connectivity index (χ3v) is 7.03. The number of halogens is 2. The number of anilines is 1. The highest BCUT2D eigenvalue weighted by molar-refractivity contribution is 6.42. The molecule has 0 saturated carbocycles. The summed E-state index contributed by atoms with van der Waals surface area (Å²) in [4.78, 5) is 19.4. The molecule has 3 fully saturated rings. The highest BCUT2D eigenvalue weighted by atomic mass is 35.5. The molecule has 4 rings (SSSR count). The van der Waals surface area contributed by atoms with Crippen molar-refractivity contribution in [2.75, 3.05) is 70.8 Å². The minimum Gasteiger partial charge on any atom is -0.374 e. The van der Waals surface area contributed by atoms with Crippen LogP contribution in [0.4, 0.5) is 10.5 Å². The Kier molecular flexibility index (Phi) is 7.73. The van der Waals surface area contributed by atoms with Gasteiger partial charge in [-0.05, 0) is 44.1 Å². The summed E-state index contributed by atoms with van der Waals surface area (Å²) in [7, 11) is 0. The second kappa shape index (κ2) is 10.5. The molecule has 1 atom stereocenters. The zero-order valence-corrected chi connectivity index (χ0v) is 18.8. The molecule has 0 aromatic heterocycles. The van der Waals surface area contributed by atoms with Crippen LogP contribution in [0.3, 0.4) is 0 Å². The molecule has 3 aliphatic rings. The first-order valence-corrected chi connectivity index (χ1v) is 11.6. The number of piperazine rings is 1. The zero-order valence-electron chi connectivity index (χ0n) is 17.3. The summed E-state index contributed by atoms with van der Waals surface area (Å²) in [6.45, 7) is 9.20. The molecule has 3 aliphatic heterocycles. The molecule has 0 radical (unpaired) electrons. The van der Waals surface area contributed by atoms with Gasteiger partial charge in [0, 0.05) is 57.5 Å². The van der Waals surface area contributed by atoms with Gasteiger partial charge in [-0.2, -0.15) is 0 Å². The maximum absolute atomic E-state index is 12.6. The van der Waals surface area contributed by atoms with Crippen LogP contribution >= 0.6 is 23.2 Å². The largest absolute Gasteiger partial charge is 0.374 e. The molecular formula is C21H31Cl2N5O2. The monoisotopic (exact) mass is 455 g/mol. The Hall–Kier alpha value is -1.09. The van der Waals surface area contributed by atoms with Crippen LogP contribution in [0, 0.1) is 0 Å². The van der Waals surface area contributed by atoms with Gasteiger partial charge in [0.1, 0.15) is 0 Å². The predicted octanol–water partition coefficient (Wildman–Crippen LogP) is 2.60. The molecule has 2 amide bonds.